The molecule has 0 radical (unpaired) electrons. The quantitative estimate of drug-likeness (QED) is 0.873. The number of benzene rings is 1. The van der Waals surface area contributed by atoms with Crippen LogP contribution in [0.5, 0.6) is 0 Å². The molecule has 4 heteroatoms. The van der Waals surface area contributed by atoms with Crippen LogP contribution in [0.1, 0.15) is 50.2 Å². The van der Waals surface area contributed by atoms with E-state index in [1.165, 1.54) is 43.5 Å². The number of likely N-dealkylation sites (tertiary alicyclic amines) is 1. The Hall–Kier alpha value is -1.39. The number of piperidine rings is 2. The number of amides is 1. The van der Waals surface area contributed by atoms with Crippen molar-refractivity contribution in [3.63, 3.8) is 0 Å². The minimum absolute atomic E-state index is 0.00253. The molecule has 1 amide bonds. The Labute approximate surface area is 146 Å². The molecule has 1 atom stereocenters. The summed E-state index contributed by atoms with van der Waals surface area (Å²) in [6.07, 6.45) is 5.91. The normalized spacial score (nSPS) is 23.1. The van der Waals surface area contributed by atoms with Crippen LogP contribution in [-0.2, 0) is 17.9 Å². The first-order chi connectivity index (χ1) is 11.7. The highest BCUT2D eigenvalue weighted by molar-refractivity contribution is 5.81. The highest BCUT2D eigenvalue weighted by Crippen LogP contribution is 2.18. The second-order valence-electron chi connectivity index (χ2n) is 7.50. The summed E-state index contributed by atoms with van der Waals surface area (Å²) in [5, 5.41) is 6.40. The summed E-state index contributed by atoms with van der Waals surface area (Å²) in [4.78, 5) is 14.8. The maximum Gasteiger partial charge on any atom is 0.237 e. The topological polar surface area (TPSA) is 44.4 Å². The van der Waals surface area contributed by atoms with Gasteiger partial charge in [0, 0.05) is 13.1 Å². The summed E-state index contributed by atoms with van der Waals surface area (Å²) in [5.41, 5.74) is 2.55. The maximum atomic E-state index is 12.2. The van der Waals surface area contributed by atoms with E-state index in [1.54, 1.807) is 0 Å². The molecule has 2 saturated heterocycles. The number of nitrogens with zero attached hydrogens (tertiary/aromatic N) is 1. The molecule has 2 fully saturated rings. The van der Waals surface area contributed by atoms with E-state index in [9.17, 15) is 4.79 Å². The first-order valence-electron chi connectivity index (χ1n) is 9.52. The second kappa shape index (κ2) is 8.63. The third-order valence-electron chi connectivity index (χ3n) is 5.37. The Morgan fingerprint density at radius 2 is 2.00 bits per heavy atom. The standard InChI is InChI=1S/C20H31N3O/c1-16-8-11-23(12-9-16)15-18-6-4-5-17(13-18)14-22-20(24)19-7-2-3-10-21-19/h4-6,13,16,19,21H,2-3,7-12,14-15H2,1H3,(H,22,24)/t19-/m1/s1. The lowest BCUT2D eigenvalue weighted by Crippen LogP contribution is -2.46. The Morgan fingerprint density at radius 3 is 2.75 bits per heavy atom. The van der Waals surface area contributed by atoms with Gasteiger partial charge in [0.25, 0.3) is 0 Å². The fourth-order valence-corrected chi connectivity index (χ4v) is 3.70. The van der Waals surface area contributed by atoms with Crippen molar-refractivity contribution in [1.29, 1.82) is 0 Å². The Kier molecular flexibility index (Phi) is 6.27. The van der Waals surface area contributed by atoms with E-state index in [4.69, 9.17) is 0 Å². The van der Waals surface area contributed by atoms with Crippen molar-refractivity contribution in [3.8, 4) is 0 Å². The van der Waals surface area contributed by atoms with Gasteiger partial charge in [0.1, 0.15) is 0 Å². The SMILES string of the molecule is CC1CCN(Cc2cccc(CNC(=O)[C@H]3CCCCN3)c2)CC1. The van der Waals surface area contributed by atoms with Gasteiger partial charge in [-0.15, -0.1) is 0 Å². The van der Waals surface area contributed by atoms with E-state index in [0.29, 0.717) is 6.54 Å². The maximum absolute atomic E-state index is 12.2. The Morgan fingerprint density at radius 1 is 1.21 bits per heavy atom. The lowest BCUT2D eigenvalue weighted by molar-refractivity contribution is -0.123. The highest BCUT2D eigenvalue weighted by atomic mass is 16.2. The fourth-order valence-electron chi connectivity index (χ4n) is 3.70. The molecule has 4 nitrogen and oxygen atoms in total. The average molecular weight is 329 g/mol. The first-order valence-corrected chi connectivity index (χ1v) is 9.52. The molecule has 3 rings (SSSR count). The zero-order chi connectivity index (χ0) is 16.8. The fraction of sp³-hybridized carbons (Fsp3) is 0.650. The lowest BCUT2D eigenvalue weighted by Gasteiger charge is -2.30. The van der Waals surface area contributed by atoms with Gasteiger partial charge in [-0.3, -0.25) is 9.69 Å². The molecule has 0 aliphatic carbocycles. The molecule has 2 aliphatic heterocycles. The largest absolute Gasteiger partial charge is 0.351 e. The van der Waals surface area contributed by atoms with E-state index in [1.807, 2.05) is 0 Å². The van der Waals surface area contributed by atoms with Crippen LogP contribution < -0.4 is 10.6 Å². The molecule has 132 valence electrons. The van der Waals surface area contributed by atoms with Gasteiger partial charge in [0.05, 0.1) is 6.04 Å². The number of nitrogens with one attached hydrogen (secondary N) is 2. The van der Waals surface area contributed by atoms with Crippen LogP contribution in [0.4, 0.5) is 0 Å². The van der Waals surface area contributed by atoms with Crippen LogP contribution >= 0.6 is 0 Å². The average Bonchev–Trinajstić information content (AvgIpc) is 2.63. The van der Waals surface area contributed by atoms with Crippen LogP contribution in [-0.4, -0.2) is 36.5 Å². The summed E-state index contributed by atoms with van der Waals surface area (Å²) in [7, 11) is 0. The minimum atomic E-state index is -0.00253. The third kappa shape index (κ3) is 5.05. The summed E-state index contributed by atoms with van der Waals surface area (Å²) < 4.78 is 0. The Bertz CT molecular complexity index is 531. The molecular weight excluding hydrogens is 298 g/mol. The molecule has 0 saturated carbocycles. The Balaban J connectivity index is 1.48. The van der Waals surface area contributed by atoms with Gasteiger partial charge in [0.15, 0.2) is 0 Å². The number of carbonyl (C=O) groups excluding carboxylic acids is 1. The predicted molar refractivity (Wildman–Crippen MR) is 97.6 cm³/mol. The van der Waals surface area contributed by atoms with Gasteiger partial charge in [-0.1, -0.05) is 37.6 Å². The predicted octanol–water partition coefficient (Wildman–Crippen LogP) is 2.68. The van der Waals surface area contributed by atoms with Crippen LogP contribution in [0.3, 0.4) is 0 Å². The molecule has 2 aliphatic rings. The lowest BCUT2D eigenvalue weighted by atomic mass is 9.98. The molecule has 1 aromatic rings. The summed E-state index contributed by atoms with van der Waals surface area (Å²) in [5.74, 6) is 1.02. The van der Waals surface area contributed by atoms with E-state index >= 15 is 0 Å². The van der Waals surface area contributed by atoms with Crippen molar-refractivity contribution in [2.75, 3.05) is 19.6 Å². The second-order valence-corrected chi connectivity index (χ2v) is 7.50. The van der Waals surface area contributed by atoms with E-state index in [-0.39, 0.29) is 11.9 Å². The van der Waals surface area contributed by atoms with Crippen molar-refractivity contribution in [2.45, 2.75) is 58.2 Å². The van der Waals surface area contributed by atoms with E-state index in [2.05, 4.69) is 46.7 Å². The van der Waals surface area contributed by atoms with Crippen LogP contribution in [0, 0.1) is 5.92 Å². The van der Waals surface area contributed by atoms with Crippen LogP contribution in [0.2, 0.25) is 0 Å². The summed E-state index contributed by atoms with van der Waals surface area (Å²) >= 11 is 0. The molecule has 1 aromatic carbocycles. The van der Waals surface area contributed by atoms with Crippen molar-refractivity contribution in [2.24, 2.45) is 5.92 Å². The third-order valence-corrected chi connectivity index (χ3v) is 5.37. The molecular formula is C20H31N3O. The van der Waals surface area contributed by atoms with Gasteiger partial charge in [-0.2, -0.15) is 0 Å². The van der Waals surface area contributed by atoms with E-state index < -0.39 is 0 Å². The van der Waals surface area contributed by atoms with Gasteiger partial charge >= 0.3 is 0 Å². The molecule has 0 aromatic heterocycles. The zero-order valence-corrected chi connectivity index (χ0v) is 14.9. The summed E-state index contributed by atoms with van der Waals surface area (Å²) in [6, 6.07) is 8.66. The number of carbonyl (C=O) groups is 1. The monoisotopic (exact) mass is 329 g/mol. The van der Waals surface area contributed by atoms with Crippen molar-refractivity contribution in [3.05, 3.63) is 35.4 Å². The molecule has 0 bridgehead atoms. The van der Waals surface area contributed by atoms with Crippen LogP contribution in [0.25, 0.3) is 0 Å². The highest BCUT2D eigenvalue weighted by Gasteiger charge is 2.20. The first kappa shape index (κ1) is 17.4. The van der Waals surface area contributed by atoms with Crippen LogP contribution in [0.15, 0.2) is 24.3 Å². The number of hydrogen-bond acceptors (Lipinski definition) is 3. The molecule has 0 unspecified atom stereocenters. The molecule has 0 spiro atoms. The van der Waals surface area contributed by atoms with Crippen molar-refractivity contribution in [1.82, 2.24) is 15.5 Å². The van der Waals surface area contributed by atoms with Gasteiger partial charge in [-0.05, 0) is 62.4 Å². The number of hydrogen-bond donors (Lipinski definition) is 2. The van der Waals surface area contributed by atoms with Crippen molar-refractivity contribution >= 4 is 5.91 Å². The molecule has 24 heavy (non-hydrogen) atoms. The van der Waals surface area contributed by atoms with E-state index in [0.717, 1.165) is 31.8 Å². The molecule has 2 N–H and O–H groups in total. The van der Waals surface area contributed by atoms with Gasteiger partial charge < -0.3 is 10.6 Å². The minimum Gasteiger partial charge on any atom is -0.351 e. The smallest absolute Gasteiger partial charge is 0.237 e. The zero-order valence-electron chi connectivity index (χ0n) is 14.9. The molecule has 2 heterocycles. The van der Waals surface area contributed by atoms with Crippen molar-refractivity contribution < 1.29 is 4.79 Å². The van der Waals surface area contributed by atoms with Gasteiger partial charge in [0.2, 0.25) is 5.91 Å². The summed E-state index contributed by atoms with van der Waals surface area (Å²) in [6.45, 7) is 7.37. The van der Waals surface area contributed by atoms with Gasteiger partial charge in [-0.25, -0.2) is 0 Å². The number of rotatable bonds is 5.